The van der Waals surface area contributed by atoms with E-state index in [1.165, 1.54) is 6.08 Å². The maximum Gasteiger partial charge on any atom is 0.321 e. The molecule has 0 atom stereocenters. The van der Waals surface area contributed by atoms with E-state index in [4.69, 9.17) is 4.42 Å². The molecule has 1 aliphatic heterocycles. The molecule has 0 unspecified atom stereocenters. The summed E-state index contributed by atoms with van der Waals surface area (Å²) in [5.41, 5.74) is 1.88. The van der Waals surface area contributed by atoms with Crippen molar-refractivity contribution in [3.63, 3.8) is 0 Å². The third-order valence-corrected chi connectivity index (χ3v) is 4.08. The number of nitrogens with one attached hydrogen (secondary N) is 1. The minimum atomic E-state index is -0.135. The fourth-order valence-corrected chi connectivity index (χ4v) is 2.70. The number of hydrogen-bond acceptors (Lipinski definition) is 3. The number of hydrogen-bond donors (Lipinski definition) is 1. The average molecular weight is 339 g/mol. The van der Waals surface area contributed by atoms with Crippen molar-refractivity contribution in [1.29, 1.82) is 0 Å². The van der Waals surface area contributed by atoms with Crippen LogP contribution in [0.2, 0.25) is 0 Å². The minimum Gasteiger partial charge on any atom is -0.465 e. The normalized spacial score (nSPS) is 14.8. The zero-order valence-corrected chi connectivity index (χ0v) is 14.1. The van der Waals surface area contributed by atoms with Crippen LogP contribution < -0.4 is 5.32 Å². The molecular formula is C19H21N3O3. The number of carbonyl (C=O) groups excluding carboxylic acids is 2. The molecule has 0 bridgehead atoms. The molecule has 6 heteroatoms. The molecule has 25 heavy (non-hydrogen) atoms. The van der Waals surface area contributed by atoms with Crippen molar-refractivity contribution < 1.29 is 14.0 Å². The minimum absolute atomic E-state index is 0.0739. The number of furan rings is 1. The Morgan fingerprint density at radius 1 is 1.08 bits per heavy atom. The fraction of sp³-hybridized carbons (Fsp3) is 0.263. The van der Waals surface area contributed by atoms with E-state index >= 15 is 0 Å². The van der Waals surface area contributed by atoms with Gasteiger partial charge >= 0.3 is 6.03 Å². The van der Waals surface area contributed by atoms with Gasteiger partial charge in [-0.15, -0.1) is 0 Å². The van der Waals surface area contributed by atoms with Crippen molar-refractivity contribution >= 4 is 23.7 Å². The van der Waals surface area contributed by atoms with Crippen molar-refractivity contribution in [3.8, 4) is 0 Å². The smallest absolute Gasteiger partial charge is 0.321 e. The van der Waals surface area contributed by atoms with Crippen LogP contribution in [0, 0.1) is 6.92 Å². The van der Waals surface area contributed by atoms with Crippen molar-refractivity contribution in [2.24, 2.45) is 0 Å². The molecule has 2 heterocycles. The maximum absolute atomic E-state index is 12.3. The van der Waals surface area contributed by atoms with Crippen LogP contribution in [0.3, 0.4) is 0 Å². The van der Waals surface area contributed by atoms with Gasteiger partial charge in [0, 0.05) is 37.9 Å². The number of carbonyl (C=O) groups is 2. The standard InChI is InChI=1S/C19H21N3O3/c1-15-4-2-5-16(14-15)20-19(24)22-11-9-21(10-12-22)18(23)8-7-17-6-3-13-25-17/h2-8,13-14H,9-12H2,1H3,(H,20,24)/b8-7+. The second-order valence-electron chi connectivity index (χ2n) is 5.96. The quantitative estimate of drug-likeness (QED) is 0.874. The van der Waals surface area contributed by atoms with Crippen molar-refractivity contribution in [2.45, 2.75) is 6.92 Å². The molecule has 3 rings (SSSR count). The highest BCUT2D eigenvalue weighted by Crippen LogP contribution is 2.12. The summed E-state index contributed by atoms with van der Waals surface area (Å²) in [6.45, 7) is 4.04. The summed E-state index contributed by atoms with van der Waals surface area (Å²) in [7, 11) is 0. The van der Waals surface area contributed by atoms with E-state index in [0.29, 0.717) is 31.9 Å². The van der Waals surface area contributed by atoms with Gasteiger partial charge in [-0.1, -0.05) is 12.1 Å². The number of anilines is 1. The molecule has 0 radical (unpaired) electrons. The Kier molecular flexibility index (Phi) is 5.18. The van der Waals surface area contributed by atoms with Gasteiger partial charge in [-0.25, -0.2) is 4.79 Å². The third-order valence-electron chi connectivity index (χ3n) is 4.08. The highest BCUT2D eigenvalue weighted by molar-refractivity contribution is 5.92. The van der Waals surface area contributed by atoms with Crippen LogP contribution in [0.4, 0.5) is 10.5 Å². The zero-order valence-electron chi connectivity index (χ0n) is 14.1. The molecule has 3 amide bonds. The summed E-state index contributed by atoms with van der Waals surface area (Å²) < 4.78 is 5.17. The fourth-order valence-electron chi connectivity index (χ4n) is 2.70. The molecule has 130 valence electrons. The van der Waals surface area contributed by atoms with Gasteiger partial charge in [0.2, 0.25) is 5.91 Å². The predicted octanol–water partition coefficient (Wildman–Crippen LogP) is 2.98. The molecule has 1 fully saturated rings. The zero-order chi connectivity index (χ0) is 17.6. The van der Waals surface area contributed by atoms with E-state index in [0.717, 1.165) is 11.3 Å². The van der Waals surface area contributed by atoms with Gasteiger partial charge in [-0.3, -0.25) is 4.79 Å². The summed E-state index contributed by atoms with van der Waals surface area (Å²) >= 11 is 0. The van der Waals surface area contributed by atoms with Gasteiger partial charge < -0.3 is 19.5 Å². The SMILES string of the molecule is Cc1cccc(NC(=O)N2CCN(C(=O)/C=C/c3ccco3)CC2)c1. The van der Waals surface area contributed by atoms with Gasteiger partial charge in [-0.2, -0.15) is 0 Å². The van der Waals surface area contributed by atoms with Crippen LogP contribution in [-0.2, 0) is 4.79 Å². The van der Waals surface area contributed by atoms with Gasteiger partial charge in [-0.05, 0) is 42.8 Å². The molecule has 1 aliphatic rings. The molecule has 2 aromatic rings. The van der Waals surface area contributed by atoms with E-state index in [1.54, 1.807) is 34.3 Å². The van der Waals surface area contributed by atoms with Crippen molar-refractivity contribution in [2.75, 3.05) is 31.5 Å². The van der Waals surface area contributed by atoms with Crippen LogP contribution in [0.15, 0.2) is 53.2 Å². The first kappa shape index (κ1) is 16.8. The summed E-state index contributed by atoms with van der Waals surface area (Å²) in [4.78, 5) is 28.0. The number of urea groups is 1. The van der Waals surface area contributed by atoms with Gasteiger partial charge in [0.15, 0.2) is 0 Å². The van der Waals surface area contributed by atoms with Crippen LogP contribution in [0.5, 0.6) is 0 Å². The van der Waals surface area contributed by atoms with Crippen LogP contribution in [0.25, 0.3) is 6.08 Å². The number of nitrogens with zero attached hydrogens (tertiary/aromatic N) is 2. The highest BCUT2D eigenvalue weighted by Gasteiger charge is 2.23. The lowest BCUT2D eigenvalue weighted by Crippen LogP contribution is -2.51. The highest BCUT2D eigenvalue weighted by atomic mass is 16.3. The number of rotatable bonds is 3. The molecule has 0 saturated carbocycles. The van der Waals surface area contributed by atoms with E-state index in [9.17, 15) is 9.59 Å². The Bertz CT molecular complexity index is 760. The van der Waals surface area contributed by atoms with Gasteiger partial charge in [0.1, 0.15) is 5.76 Å². The monoisotopic (exact) mass is 339 g/mol. The lowest BCUT2D eigenvalue weighted by Gasteiger charge is -2.34. The molecular weight excluding hydrogens is 318 g/mol. The summed E-state index contributed by atoms with van der Waals surface area (Å²) in [6.07, 6.45) is 4.72. The third kappa shape index (κ3) is 4.50. The maximum atomic E-state index is 12.3. The van der Waals surface area contributed by atoms with E-state index in [-0.39, 0.29) is 11.9 Å². The molecule has 1 N–H and O–H groups in total. The number of aryl methyl sites for hydroxylation is 1. The summed E-state index contributed by atoms with van der Waals surface area (Å²) in [5.74, 6) is 0.569. The number of piperazine rings is 1. The van der Waals surface area contributed by atoms with Crippen molar-refractivity contribution in [3.05, 3.63) is 60.1 Å². The second kappa shape index (κ2) is 7.70. The van der Waals surface area contributed by atoms with E-state index < -0.39 is 0 Å². The first-order valence-electron chi connectivity index (χ1n) is 8.25. The number of amides is 3. The van der Waals surface area contributed by atoms with Gasteiger partial charge in [0.05, 0.1) is 6.26 Å². The summed E-state index contributed by atoms with van der Waals surface area (Å²) in [6, 6.07) is 11.1. The second-order valence-corrected chi connectivity index (χ2v) is 5.96. The molecule has 0 aliphatic carbocycles. The van der Waals surface area contributed by atoms with Crippen LogP contribution in [0.1, 0.15) is 11.3 Å². The lowest BCUT2D eigenvalue weighted by molar-refractivity contribution is -0.127. The first-order chi connectivity index (χ1) is 12.1. The Morgan fingerprint density at radius 3 is 2.52 bits per heavy atom. The van der Waals surface area contributed by atoms with Crippen LogP contribution >= 0.6 is 0 Å². The van der Waals surface area contributed by atoms with Crippen LogP contribution in [-0.4, -0.2) is 47.9 Å². The molecule has 0 spiro atoms. The molecule has 1 aromatic carbocycles. The predicted molar refractivity (Wildman–Crippen MR) is 96.1 cm³/mol. The topological polar surface area (TPSA) is 65.8 Å². The molecule has 1 saturated heterocycles. The lowest BCUT2D eigenvalue weighted by atomic mass is 10.2. The van der Waals surface area contributed by atoms with Gasteiger partial charge in [0.25, 0.3) is 0 Å². The van der Waals surface area contributed by atoms with Crippen molar-refractivity contribution in [1.82, 2.24) is 9.80 Å². The Balaban J connectivity index is 1.49. The number of benzene rings is 1. The largest absolute Gasteiger partial charge is 0.465 e. The molecule has 1 aromatic heterocycles. The Hall–Kier alpha value is -3.02. The first-order valence-corrected chi connectivity index (χ1v) is 8.25. The van der Waals surface area contributed by atoms with E-state index in [1.807, 2.05) is 31.2 Å². The summed E-state index contributed by atoms with van der Waals surface area (Å²) in [5, 5.41) is 2.90. The molecule has 6 nitrogen and oxygen atoms in total. The Morgan fingerprint density at radius 2 is 1.84 bits per heavy atom. The van der Waals surface area contributed by atoms with E-state index in [2.05, 4.69) is 5.32 Å². The Labute approximate surface area is 146 Å². The average Bonchev–Trinajstić information content (AvgIpc) is 3.13.